The highest BCUT2D eigenvalue weighted by molar-refractivity contribution is 6.30. The fraction of sp³-hybridized carbons (Fsp3) is 0.350. The summed E-state index contributed by atoms with van der Waals surface area (Å²) in [6.07, 6.45) is 3.35. The van der Waals surface area contributed by atoms with Gasteiger partial charge in [-0.1, -0.05) is 31.5 Å². The van der Waals surface area contributed by atoms with Crippen LogP contribution in [0.3, 0.4) is 0 Å². The Bertz CT molecular complexity index is 977. The molecule has 1 aromatic carbocycles. The average Bonchev–Trinajstić information content (AvgIpc) is 3.02. The smallest absolute Gasteiger partial charge is 0.272 e. The number of carbonyl (C=O) groups excluding carboxylic acids is 1. The zero-order valence-electron chi connectivity index (χ0n) is 15.4. The molecule has 140 valence electrons. The Balaban J connectivity index is 1.52. The van der Waals surface area contributed by atoms with Crippen LogP contribution < -0.4 is 5.32 Å². The van der Waals surface area contributed by atoms with E-state index in [1.165, 1.54) is 0 Å². The molecule has 0 unspecified atom stereocenters. The van der Waals surface area contributed by atoms with Crippen molar-refractivity contribution in [2.24, 2.45) is 5.92 Å². The number of hydrogen-bond acceptors (Lipinski definition) is 4. The molecule has 1 aliphatic rings. The first-order valence-electron chi connectivity index (χ1n) is 9.12. The molecule has 3 heterocycles. The van der Waals surface area contributed by atoms with Gasteiger partial charge in [-0.05, 0) is 29.7 Å². The van der Waals surface area contributed by atoms with Crippen molar-refractivity contribution in [3.8, 4) is 11.1 Å². The van der Waals surface area contributed by atoms with Gasteiger partial charge in [0.05, 0.1) is 16.6 Å². The molecule has 1 aliphatic heterocycles. The Kier molecular flexibility index (Phi) is 4.85. The molecule has 1 amide bonds. The van der Waals surface area contributed by atoms with Crippen LogP contribution in [-0.4, -0.2) is 51.7 Å². The van der Waals surface area contributed by atoms with E-state index in [9.17, 15) is 4.79 Å². The molecule has 1 saturated heterocycles. The van der Waals surface area contributed by atoms with Gasteiger partial charge in [-0.25, -0.2) is 0 Å². The van der Waals surface area contributed by atoms with E-state index in [1.54, 1.807) is 12.4 Å². The number of carbonyl (C=O) groups is 1. The van der Waals surface area contributed by atoms with Gasteiger partial charge in [0.2, 0.25) is 0 Å². The number of H-pyrrole nitrogens is 1. The van der Waals surface area contributed by atoms with Gasteiger partial charge in [0.15, 0.2) is 5.69 Å². The minimum absolute atomic E-state index is 0.142. The van der Waals surface area contributed by atoms with Crippen molar-refractivity contribution in [1.82, 2.24) is 25.4 Å². The minimum atomic E-state index is -0.142. The van der Waals surface area contributed by atoms with Crippen LogP contribution >= 0.6 is 11.6 Å². The van der Waals surface area contributed by atoms with E-state index in [0.29, 0.717) is 16.6 Å². The molecular weight excluding hydrogens is 362 g/mol. The lowest BCUT2D eigenvalue weighted by molar-refractivity contribution is 0.0780. The molecule has 0 saturated carbocycles. The number of pyridine rings is 1. The van der Waals surface area contributed by atoms with Gasteiger partial charge >= 0.3 is 0 Å². The molecule has 1 fully saturated rings. The number of likely N-dealkylation sites (tertiary alicyclic amines) is 1. The molecule has 2 aromatic heterocycles. The highest BCUT2D eigenvalue weighted by Gasteiger charge is 2.29. The number of benzene rings is 1. The van der Waals surface area contributed by atoms with E-state index < -0.39 is 0 Å². The predicted molar refractivity (Wildman–Crippen MR) is 107 cm³/mol. The van der Waals surface area contributed by atoms with Crippen molar-refractivity contribution >= 4 is 28.4 Å². The second-order valence-corrected chi connectivity index (χ2v) is 7.94. The second-order valence-electron chi connectivity index (χ2n) is 7.51. The minimum Gasteiger partial charge on any atom is -0.345 e. The van der Waals surface area contributed by atoms with E-state index in [4.69, 9.17) is 11.6 Å². The molecule has 27 heavy (non-hydrogen) atoms. The number of fused-ring (bicyclic) bond motifs is 1. The van der Waals surface area contributed by atoms with Gasteiger partial charge in [-0.2, -0.15) is 5.10 Å². The topological polar surface area (TPSA) is 73.9 Å². The van der Waals surface area contributed by atoms with E-state index >= 15 is 0 Å². The fourth-order valence-corrected chi connectivity index (χ4v) is 3.69. The first-order chi connectivity index (χ1) is 13.0. The van der Waals surface area contributed by atoms with Gasteiger partial charge in [-0.3, -0.25) is 19.8 Å². The van der Waals surface area contributed by atoms with Crippen LogP contribution in [0.2, 0.25) is 5.02 Å². The number of hydrogen-bond donors (Lipinski definition) is 2. The number of aromatic nitrogens is 3. The number of rotatable bonds is 5. The Morgan fingerprint density at radius 1 is 1.30 bits per heavy atom. The summed E-state index contributed by atoms with van der Waals surface area (Å²) < 4.78 is 0. The van der Waals surface area contributed by atoms with Gasteiger partial charge in [0.25, 0.3) is 5.91 Å². The molecular formula is C20H22ClN5O. The number of halogens is 1. The summed E-state index contributed by atoms with van der Waals surface area (Å²) in [4.78, 5) is 19.2. The highest BCUT2D eigenvalue weighted by Crippen LogP contribution is 2.26. The summed E-state index contributed by atoms with van der Waals surface area (Å²) >= 11 is 6.05. The zero-order valence-corrected chi connectivity index (χ0v) is 16.1. The first-order valence-corrected chi connectivity index (χ1v) is 9.49. The molecule has 0 spiro atoms. The first kappa shape index (κ1) is 17.9. The van der Waals surface area contributed by atoms with E-state index in [-0.39, 0.29) is 11.9 Å². The lowest BCUT2D eigenvalue weighted by Gasteiger charge is -2.40. The van der Waals surface area contributed by atoms with Crippen LogP contribution in [-0.2, 0) is 0 Å². The summed E-state index contributed by atoms with van der Waals surface area (Å²) in [6, 6.07) is 7.87. The molecule has 3 aromatic rings. The standard InChI is InChI=1S/C20H22ClN5O/c1-12(2)9-26-10-16(11-26)23-20(27)19-17-6-13(3-4-18(17)24-25-19)14-5-15(21)8-22-7-14/h3-8,12,16H,9-11H2,1-2H3,(H,23,27)(H,24,25). The van der Waals surface area contributed by atoms with Crippen LogP contribution in [0.5, 0.6) is 0 Å². The van der Waals surface area contributed by atoms with Crippen molar-refractivity contribution in [2.45, 2.75) is 19.9 Å². The third-order valence-electron chi connectivity index (χ3n) is 4.73. The summed E-state index contributed by atoms with van der Waals surface area (Å²) in [6.45, 7) is 7.26. The van der Waals surface area contributed by atoms with Crippen molar-refractivity contribution in [3.05, 3.63) is 47.4 Å². The van der Waals surface area contributed by atoms with E-state index in [2.05, 4.69) is 39.2 Å². The number of nitrogens with zero attached hydrogens (tertiary/aromatic N) is 3. The Morgan fingerprint density at radius 3 is 2.85 bits per heavy atom. The largest absolute Gasteiger partial charge is 0.345 e. The number of amides is 1. The molecule has 0 bridgehead atoms. The maximum absolute atomic E-state index is 12.7. The van der Waals surface area contributed by atoms with Crippen LogP contribution in [0, 0.1) is 5.92 Å². The summed E-state index contributed by atoms with van der Waals surface area (Å²) in [5, 5.41) is 11.6. The van der Waals surface area contributed by atoms with Crippen LogP contribution in [0.15, 0.2) is 36.7 Å². The molecule has 4 rings (SSSR count). The molecule has 6 nitrogen and oxygen atoms in total. The number of aromatic amines is 1. The van der Waals surface area contributed by atoms with Gasteiger partial charge < -0.3 is 5.32 Å². The third kappa shape index (κ3) is 3.82. The fourth-order valence-electron chi connectivity index (χ4n) is 3.52. The number of nitrogens with one attached hydrogen (secondary N) is 2. The van der Waals surface area contributed by atoms with Gasteiger partial charge in [0.1, 0.15) is 0 Å². The predicted octanol–water partition coefficient (Wildman–Crippen LogP) is 3.35. The van der Waals surface area contributed by atoms with Gasteiger partial charge in [-0.15, -0.1) is 0 Å². The lowest BCUT2D eigenvalue weighted by atomic mass is 10.0. The summed E-state index contributed by atoms with van der Waals surface area (Å²) in [5.74, 6) is 0.494. The Hall–Kier alpha value is -2.44. The summed E-state index contributed by atoms with van der Waals surface area (Å²) in [5.41, 5.74) is 3.10. The quantitative estimate of drug-likeness (QED) is 0.708. The molecule has 0 radical (unpaired) electrons. The van der Waals surface area contributed by atoms with Crippen LogP contribution in [0.1, 0.15) is 24.3 Å². The SMILES string of the molecule is CC(C)CN1CC(NC(=O)c2n[nH]c3ccc(-c4cncc(Cl)c4)cc23)C1. The van der Waals surface area contributed by atoms with E-state index in [0.717, 1.165) is 41.7 Å². The molecule has 2 N–H and O–H groups in total. The Labute approximate surface area is 162 Å². The highest BCUT2D eigenvalue weighted by atomic mass is 35.5. The van der Waals surface area contributed by atoms with Crippen LogP contribution in [0.4, 0.5) is 0 Å². The van der Waals surface area contributed by atoms with Crippen LogP contribution in [0.25, 0.3) is 22.0 Å². The Morgan fingerprint density at radius 2 is 2.11 bits per heavy atom. The summed E-state index contributed by atoms with van der Waals surface area (Å²) in [7, 11) is 0. The monoisotopic (exact) mass is 383 g/mol. The third-order valence-corrected chi connectivity index (χ3v) is 4.94. The lowest BCUT2D eigenvalue weighted by Crippen LogP contribution is -2.59. The zero-order chi connectivity index (χ0) is 19.0. The second kappa shape index (κ2) is 7.29. The van der Waals surface area contributed by atoms with E-state index in [1.807, 2.05) is 24.3 Å². The normalized spacial score (nSPS) is 15.3. The molecule has 0 atom stereocenters. The molecule has 0 aliphatic carbocycles. The van der Waals surface area contributed by atoms with Gasteiger partial charge in [0, 0.05) is 43.0 Å². The van der Waals surface area contributed by atoms with Crippen molar-refractivity contribution in [3.63, 3.8) is 0 Å². The maximum atomic E-state index is 12.7. The van der Waals surface area contributed by atoms with Crippen molar-refractivity contribution < 1.29 is 4.79 Å². The van der Waals surface area contributed by atoms with Crippen molar-refractivity contribution in [2.75, 3.05) is 19.6 Å². The molecule has 7 heteroatoms. The van der Waals surface area contributed by atoms with Crippen molar-refractivity contribution in [1.29, 1.82) is 0 Å². The average molecular weight is 384 g/mol. The maximum Gasteiger partial charge on any atom is 0.272 e.